The zero-order valence-electron chi connectivity index (χ0n) is 48.7. The number of amides is 11. The predicted molar refractivity (Wildman–Crippen MR) is 301 cm³/mol. The molecule has 0 aliphatic carbocycles. The summed E-state index contributed by atoms with van der Waals surface area (Å²) in [5.41, 5.74) is 29.2. The molecule has 1 aliphatic heterocycles. The van der Waals surface area contributed by atoms with Crippen LogP contribution in [-0.2, 0) is 52.7 Å². The number of aliphatic hydroxyl groups is 2. The van der Waals surface area contributed by atoms with E-state index in [0.717, 1.165) is 12.8 Å². The Hall–Kier alpha value is -6.11. The predicted octanol–water partition coefficient (Wildman–Crippen LogP) is -5.83. The molecule has 29 nitrogen and oxygen atoms in total. The fourth-order valence-electron chi connectivity index (χ4n) is 8.60. The summed E-state index contributed by atoms with van der Waals surface area (Å²) in [6.07, 6.45) is -1.79. The lowest BCUT2D eigenvalue weighted by Crippen LogP contribution is -2.62. The van der Waals surface area contributed by atoms with Gasteiger partial charge in [0.05, 0.1) is 12.2 Å². The van der Waals surface area contributed by atoms with Gasteiger partial charge in [-0.2, -0.15) is 0 Å². The maximum absolute atomic E-state index is 14.4. The van der Waals surface area contributed by atoms with E-state index in [1.165, 1.54) is 13.8 Å². The number of nitrogens with two attached hydrogens (primary N) is 5. The maximum Gasteiger partial charge on any atom is 0.245 e. The number of hydrogen-bond acceptors (Lipinski definition) is 18. The van der Waals surface area contributed by atoms with Crippen LogP contribution in [0.4, 0.5) is 0 Å². The van der Waals surface area contributed by atoms with Crippen molar-refractivity contribution in [2.75, 3.05) is 39.3 Å². The minimum atomic E-state index is -1.69. The van der Waals surface area contributed by atoms with Crippen molar-refractivity contribution in [2.45, 2.75) is 205 Å². The smallest absolute Gasteiger partial charge is 0.245 e. The van der Waals surface area contributed by atoms with Gasteiger partial charge in [0.1, 0.15) is 60.4 Å². The van der Waals surface area contributed by atoms with Crippen LogP contribution in [0.1, 0.15) is 132 Å². The minimum Gasteiger partial charge on any atom is -0.391 e. The Bertz CT molecular complexity index is 2050. The van der Waals surface area contributed by atoms with E-state index >= 15 is 0 Å². The summed E-state index contributed by atoms with van der Waals surface area (Å²) in [5, 5.41) is 49.5. The molecule has 0 spiro atoms. The molecule has 2 unspecified atom stereocenters. The zero-order chi connectivity index (χ0) is 61.5. The van der Waals surface area contributed by atoms with E-state index in [9.17, 15) is 63.0 Å². The first kappa shape index (κ1) is 72.9. The third kappa shape index (κ3) is 27.0. The number of aliphatic hydroxyl groups excluding tert-OH is 2. The molecular weight excluding hydrogens is 1060 g/mol. The summed E-state index contributed by atoms with van der Waals surface area (Å²) in [7, 11) is 0. The topological polar surface area (TPSA) is 491 Å². The second kappa shape index (κ2) is 38.6. The van der Waals surface area contributed by atoms with Gasteiger partial charge >= 0.3 is 0 Å². The van der Waals surface area contributed by atoms with E-state index in [1.807, 2.05) is 6.92 Å². The Balaban J connectivity index is 3.84. The molecule has 0 radical (unpaired) electrons. The number of rotatable bonds is 28. The van der Waals surface area contributed by atoms with Gasteiger partial charge in [-0.1, -0.05) is 54.4 Å². The highest BCUT2D eigenvalue weighted by Crippen LogP contribution is 2.13. The normalized spacial score (nSPS) is 23.6. The monoisotopic (exact) mass is 1150 g/mol. The standard InChI is InChI=1S/C52H98N16O13/c1-9-29(6)11-10-12-40(71)59-32(13-19-53)47(76)68-42(31(8)70)52(81)64-35(16-22-56)44(73)63-37-18-24-58-51(80)41(30(7)69)67-48(77)36(17-23-57)61-43(72)33(14-20-54)62-49(78)38(25-27(2)3)66-50(79)39(26-28(4)5)65-45(74)34(15-21-55)60-46(37)75/h27-39,41-42,69-70H,9-26,53-57H2,1-8H3,(H,58,80)(H,59,71)(H,60,75)(H,61,72)(H,62,78)(H,63,73)(H,64,81)(H,65,74)(H,66,79)(H,67,77)(H,68,76)/t29?,30-,31-,32+,33+,34+,35+,36+,37+,38+,39-,41?,42+/m1/s1. The van der Waals surface area contributed by atoms with Gasteiger partial charge in [0.2, 0.25) is 65.0 Å². The summed E-state index contributed by atoms with van der Waals surface area (Å²) in [6.45, 7) is 12.5. The Labute approximate surface area is 475 Å². The van der Waals surface area contributed by atoms with E-state index < -0.39 is 151 Å². The highest BCUT2D eigenvalue weighted by atomic mass is 16.3. The van der Waals surface area contributed by atoms with Crippen LogP contribution in [0.25, 0.3) is 0 Å². The summed E-state index contributed by atoms with van der Waals surface area (Å²) in [6, 6.07) is -14.5. The van der Waals surface area contributed by atoms with Crippen molar-refractivity contribution in [3.8, 4) is 0 Å². The van der Waals surface area contributed by atoms with Crippen molar-refractivity contribution in [1.82, 2.24) is 58.5 Å². The van der Waals surface area contributed by atoms with E-state index in [1.54, 1.807) is 27.7 Å². The van der Waals surface area contributed by atoms with Crippen molar-refractivity contribution in [3.05, 3.63) is 0 Å². The molecule has 29 heteroatoms. The largest absolute Gasteiger partial charge is 0.391 e. The minimum absolute atomic E-state index is 0.0146. The van der Waals surface area contributed by atoms with E-state index in [2.05, 4.69) is 65.4 Å². The molecule has 81 heavy (non-hydrogen) atoms. The molecule has 1 saturated heterocycles. The molecule has 1 rings (SSSR count). The summed E-state index contributed by atoms with van der Waals surface area (Å²) < 4.78 is 0. The average Bonchev–Trinajstić information content (AvgIpc) is 3.41. The molecule has 1 aliphatic rings. The van der Waals surface area contributed by atoms with Crippen molar-refractivity contribution in [2.24, 2.45) is 46.4 Å². The van der Waals surface area contributed by atoms with Gasteiger partial charge in [0.15, 0.2) is 0 Å². The van der Waals surface area contributed by atoms with Gasteiger partial charge in [-0.25, -0.2) is 0 Å². The van der Waals surface area contributed by atoms with Crippen molar-refractivity contribution < 1.29 is 63.0 Å². The quantitative estimate of drug-likeness (QED) is 0.0347. The second-order valence-electron chi connectivity index (χ2n) is 21.6. The van der Waals surface area contributed by atoms with Gasteiger partial charge in [-0.05, 0) is 122 Å². The van der Waals surface area contributed by atoms with Crippen LogP contribution in [0, 0.1) is 17.8 Å². The number of carbonyl (C=O) groups excluding carboxylic acids is 11. The molecular formula is C52H98N16O13. The maximum atomic E-state index is 14.4. The number of carbonyl (C=O) groups is 11. The van der Waals surface area contributed by atoms with Crippen LogP contribution in [-0.4, -0.2) is 187 Å². The lowest BCUT2D eigenvalue weighted by Gasteiger charge is -2.29. The van der Waals surface area contributed by atoms with E-state index in [-0.39, 0.29) is 95.9 Å². The zero-order valence-corrected chi connectivity index (χ0v) is 48.7. The van der Waals surface area contributed by atoms with Gasteiger partial charge in [0.25, 0.3) is 0 Å². The molecule has 464 valence electrons. The highest BCUT2D eigenvalue weighted by Gasteiger charge is 2.37. The summed E-state index contributed by atoms with van der Waals surface area (Å²) in [5.74, 6) is -9.60. The summed E-state index contributed by atoms with van der Waals surface area (Å²) in [4.78, 5) is 153. The molecule has 0 saturated carbocycles. The molecule has 1 fully saturated rings. The van der Waals surface area contributed by atoms with Crippen LogP contribution in [0.3, 0.4) is 0 Å². The lowest BCUT2D eigenvalue weighted by atomic mass is 9.99. The van der Waals surface area contributed by atoms with Gasteiger partial charge < -0.3 is 97.4 Å². The molecule has 11 amide bonds. The summed E-state index contributed by atoms with van der Waals surface area (Å²) >= 11 is 0. The lowest BCUT2D eigenvalue weighted by molar-refractivity contribution is -0.137. The molecule has 0 aromatic rings. The van der Waals surface area contributed by atoms with Crippen LogP contribution in [0.2, 0.25) is 0 Å². The molecule has 23 N–H and O–H groups in total. The van der Waals surface area contributed by atoms with Crippen molar-refractivity contribution in [3.63, 3.8) is 0 Å². The van der Waals surface area contributed by atoms with Crippen molar-refractivity contribution >= 4 is 65.0 Å². The Kier molecular flexibility index (Phi) is 34.7. The molecule has 0 bridgehead atoms. The van der Waals surface area contributed by atoms with Crippen LogP contribution < -0.4 is 87.2 Å². The third-order valence-electron chi connectivity index (χ3n) is 13.4. The van der Waals surface area contributed by atoms with Crippen LogP contribution in [0.5, 0.6) is 0 Å². The Morgan fingerprint density at radius 2 is 0.963 bits per heavy atom. The van der Waals surface area contributed by atoms with E-state index in [0.29, 0.717) is 12.3 Å². The van der Waals surface area contributed by atoms with Crippen molar-refractivity contribution in [1.29, 1.82) is 0 Å². The molecule has 0 aromatic carbocycles. The number of hydrogen-bond donors (Lipinski definition) is 18. The Morgan fingerprint density at radius 1 is 0.531 bits per heavy atom. The van der Waals surface area contributed by atoms with Gasteiger partial charge in [0, 0.05) is 13.0 Å². The molecule has 0 aromatic heterocycles. The molecule has 1 heterocycles. The fraction of sp³-hybridized carbons (Fsp3) is 0.788. The van der Waals surface area contributed by atoms with E-state index in [4.69, 9.17) is 28.7 Å². The first-order valence-electron chi connectivity index (χ1n) is 28.3. The third-order valence-corrected chi connectivity index (χ3v) is 13.4. The Morgan fingerprint density at radius 3 is 1.38 bits per heavy atom. The van der Waals surface area contributed by atoms with Gasteiger partial charge in [-0.15, -0.1) is 0 Å². The highest BCUT2D eigenvalue weighted by molar-refractivity contribution is 5.99. The average molecular weight is 1160 g/mol. The fourth-order valence-corrected chi connectivity index (χ4v) is 8.60. The first-order valence-corrected chi connectivity index (χ1v) is 28.3. The SMILES string of the molecule is CCC(C)CCCC(=O)N[C@@H](CCN)C(=O)N[C@H](C(=O)N[C@@H](CCN)C(=O)N[C@H]1CCNC(=O)C([C@@H](C)O)NC(=O)[C@H](CCN)NC(=O)[C@H](CCN)NC(=O)[C@H](CC(C)C)NC(=O)[C@@H](CC(C)C)NC(=O)[C@H](CCN)NC1=O)[C@@H](C)O. The number of nitrogens with one attached hydrogen (secondary N) is 11. The van der Waals surface area contributed by atoms with Crippen LogP contribution in [0.15, 0.2) is 0 Å². The second-order valence-corrected chi connectivity index (χ2v) is 21.6. The van der Waals surface area contributed by atoms with Gasteiger partial charge in [-0.3, -0.25) is 52.7 Å². The van der Waals surface area contributed by atoms with Crippen LogP contribution >= 0.6 is 0 Å². The first-order chi connectivity index (χ1) is 38.2. The molecule has 13 atom stereocenters.